The fraction of sp³-hybridized carbons (Fsp3) is 0.429. The summed E-state index contributed by atoms with van der Waals surface area (Å²) < 4.78 is 0. The molecule has 1 unspecified atom stereocenters. The van der Waals surface area contributed by atoms with Crippen LogP contribution >= 0.6 is 0 Å². The standard InChI is InChI=1S/C21H30N2O/c1-14(2)17-10-8-11-18(15(3)4)21(17)23-20(24)13-16-9-6-7-12-19(16)22-5/h6-12,14-15,20,22-24H,13H2,1-5H3. The van der Waals surface area contributed by atoms with E-state index >= 15 is 0 Å². The van der Waals surface area contributed by atoms with E-state index in [0.29, 0.717) is 18.3 Å². The molecule has 2 aromatic rings. The molecule has 130 valence electrons. The lowest BCUT2D eigenvalue weighted by molar-refractivity contribution is 0.204. The van der Waals surface area contributed by atoms with E-state index in [-0.39, 0.29) is 0 Å². The summed E-state index contributed by atoms with van der Waals surface area (Å²) in [5.74, 6) is 0.811. The van der Waals surface area contributed by atoms with Crippen molar-refractivity contribution in [1.82, 2.24) is 0 Å². The summed E-state index contributed by atoms with van der Waals surface area (Å²) in [5.41, 5.74) is 5.74. The molecule has 0 aromatic heterocycles. The zero-order valence-corrected chi connectivity index (χ0v) is 15.4. The number of hydrogen-bond donors (Lipinski definition) is 3. The number of rotatable bonds is 7. The second-order valence-corrected chi connectivity index (χ2v) is 6.89. The van der Waals surface area contributed by atoms with E-state index in [1.807, 2.05) is 25.2 Å². The Kier molecular flexibility index (Phi) is 6.27. The molecule has 0 saturated carbocycles. The van der Waals surface area contributed by atoms with Gasteiger partial charge in [0.1, 0.15) is 6.23 Å². The zero-order valence-electron chi connectivity index (χ0n) is 15.4. The minimum Gasteiger partial charge on any atom is -0.388 e. The van der Waals surface area contributed by atoms with Crippen LogP contribution in [0.15, 0.2) is 42.5 Å². The van der Waals surface area contributed by atoms with Gasteiger partial charge in [-0.05, 0) is 34.6 Å². The van der Waals surface area contributed by atoms with Crippen LogP contribution in [0.3, 0.4) is 0 Å². The van der Waals surface area contributed by atoms with Crippen molar-refractivity contribution in [1.29, 1.82) is 0 Å². The number of hydrogen-bond acceptors (Lipinski definition) is 3. The molecule has 3 N–H and O–H groups in total. The smallest absolute Gasteiger partial charge is 0.128 e. The van der Waals surface area contributed by atoms with E-state index in [0.717, 1.165) is 16.9 Å². The monoisotopic (exact) mass is 326 g/mol. The van der Waals surface area contributed by atoms with Gasteiger partial charge in [0.15, 0.2) is 0 Å². The molecule has 0 fully saturated rings. The van der Waals surface area contributed by atoms with Gasteiger partial charge in [-0.3, -0.25) is 0 Å². The predicted octanol–water partition coefficient (Wildman–Crippen LogP) is 4.95. The molecule has 1 atom stereocenters. The van der Waals surface area contributed by atoms with Crippen molar-refractivity contribution in [3.8, 4) is 0 Å². The topological polar surface area (TPSA) is 44.3 Å². The van der Waals surface area contributed by atoms with Gasteiger partial charge in [-0.25, -0.2) is 0 Å². The summed E-state index contributed by atoms with van der Waals surface area (Å²) in [7, 11) is 1.91. The van der Waals surface area contributed by atoms with E-state index in [2.05, 4.69) is 62.6 Å². The molecule has 3 heteroatoms. The van der Waals surface area contributed by atoms with Gasteiger partial charge in [0, 0.05) is 24.8 Å². The number of benzene rings is 2. The normalized spacial score (nSPS) is 12.5. The maximum atomic E-state index is 10.6. The average molecular weight is 326 g/mol. The minimum absolute atomic E-state index is 0.406. The van der Waals surface area contributed by atoms with Gasteiger partial charge < -0.3 is 15.7 Å². The SMILES string of the molecule is CNc1ccccc1CC(O)Nc1c(C(C)C)cccc1C(C)C. The van der Waals surface area contributed by atoms with E-state index < -0.39 is 6.23 Å². The Morgan fingerprint density at radius 3 is 2.00 bits per heavy atom. The first kappa shape index (κ1) is 18.3. The largest absolute Gasteiger partial charge is 0.388 e. The lowest BCUT2D eigenvalue weighted by Gasteiger charge is -2.24. The quantitative estimate of drug-likeness (QED) is 0.631. The second kappa shape index (κ2) is 8.20. The molecule has 0 aliphatic rings. The van der Waals surface area contributed by atoms with Gasteiger partial charge in [-0.2, -0.15) is 0 Å². The van der Waals surface area contributed by atoms with Crippen LogP contribution in [0.4, 0.5) is 11.4 Å². The van der Waals surface area contributed by atoms with E-state index in [1.165, 1.54) is 11.1 Å². The molecule has 24 heavy (non-hydrogen) atoms. The molecule has 2 rings (SSSR count). The molecule has 0 heterocycles. The lowest BCUT2D eigenvalue weighted by atomic mass is 9.92. The third-order valence-electron chi connectivity index (χ3n) is 4.38. The van der Waals surface area contributed by atoms with Crippen molar-refractivity contribution < 1.29 is 5.11 Å². The van der Waals surface area contributed by atoms with Gasteiger partial charge in [-0.15, -0.1) is 0 Å². The Hall–Kier alpha value is -2.00. The Balaban J connectivity index is 2.26. The molecule has 3 nitrogen and oxygen atoms in total. The highest BCUT2D eigenvalue weighted by atomic mass is 16.3. The summed E-state index contributed by atoms with van der Waals surface area (Å²) in [6, 6.07) is 14.5. The molecule has 0 aliphatic heterocycles. The maximum Gasteiger partial charge on any atom is 0.128 e. The van der Waals surface area contributed by atoms with Gasteiger partial charge in [-0.1, -0.05) is 64.1 Å². The highest BCUT2D eigenvalue weighted by Crippen LogP contribution is 2.33. The van der Waals surface area contributed by atoms with Gasteiger partial charge in [0.2, 0.25) is 0 Å². The van der Waals surface area contributed by atoms with Crippen LogP contribution in [-0.2, 0) is 6.42 Å². The third kappa shape index (κ3) is 4.30. The van der Waals surface area contributed by atoms with Crippen LogP contribution in [0.1, 0.15) is 56.2 Å². The zero-order chi connectivity index (χ0) is 17.7. The predicted molar refractivity (Wildman–Crippen MR) is 104 cm³/mol. The van der Waals surface area contributed by atoms with Crippen molar-refractivity contribution in [2.24, 2.45) is 0 Å². The molecule has 0 spiro atoms. The average Bonchev–Trinajstić information content (AvgIpc) is 2.55. The third-order valence-corrected chi connectivity index (χ3v) is 4.38. The summed E-state index contributed by atoms with van der Waals surface area (Å²) >= 11 is 0. The van der Waals surface area contributed by atoms with Crippen LogP contribution in [0.25, 0.3) is 0 Å². The lowest BCUT2D eigenvalue weighted by Crippen LogP contribution is -2.24. The fourth-order valence-electron chi connectivity index (χ4n) is 3.09. The van der Waals surface area contributed by atoms with Crippen LogP contribution in [-0.4, -0.2) is 18.4 Å². The van der Waals surface area contributed by atoms with Crippen LogP contribution in [0.2, 0.25) is 0 Å². The number of para-hydroxylation sites is 2. The first-order valence-electron chi connectivity index (χ1n) is 8.77. The van der Waals surface area contributed by atoms with Crippen LogP contribution in [0, 0.1) is 0 Å². The van der Waals surface area contributed by atoms with Crippen molar-refractivity contribution in [3.05, 3.63) is 59.2 Å². The summed E-state index contributed by atoms with van der Waals surface area (Å²) in [6.07, 6.45) is -0.0713. The van der Waals surface area contributed by atoms with Crippen molar-refractivity contribution in [2.75, 3.05) is 17.7 Å². The Morgan fingerprint density at radius 2 is 1.46 bits per heavy atom. The number of nitrogens with one attached hydrogen (secondary N) is 2. The second-order valence-electron chi connectivity index (χ2n) is 6.89. The number of aliphatic hydroxyl groups is 1. The molecule has 0 saturated heterocycles. The molecule has 0 amide bonds. The van der Waals surface area contributed by atoms with E-state index in [4.69, 9.17) is 0 Å². The molecule has 0 bridgehead atoms. The van der Waals surface area contributed by atoms with Crippen LogP contribution in [0.5, 0.6) is 0 Å². The molecule has 0 aliphatic carbocycles. The number of anilines is 2. The van der Waals surface area contributed by atoms with Gasteiger partial charge in [0.25, 0.3) is 0 Å². The molecule has 0 radical (unpaired) electrons. The van der Waals surface area contributed by atoms with Crippen molar-refractivity contribution in [3.63, 3.8) is 0 Å². The first-order chi connectivity index (χ1) is 11.4. The number of aliphatic hydroxyl groups excluding tert-OH is 1. The van der Waals surface area contributed by atoms with Crippen molar-refractivity contribution >= 4 is 11.4 Å². The summed E-state index contributed by atoms with van der Waals surface area (Å²) in [5, 5.41) is 17.2. The maximum absolute atomic E-state index is 10.6. The van der Waals surface area contributed by atoms with Crippen LogP contribution < -0.4 is 10.6 Å². The Morgan fingerprint density at radius 1 is 0.875 bits per heavy atom. The Labute approximate surface area is 146 Å². The summed E-state index contributed by atoms with van der Waals surface area (Å²) in [4.78, 5) is 0. The van der Waals surface area contributed by atoms with E-state index in [9.17, 15) is 5.11 Å². The fourth-order valence-corrected chi connectivity index (χ4v) is 3.09. The van der Waals surface area contributed by atoms with Crippen molar-refractivity contribution in [2.45, 2.75) is 52.2 Å². The highest BCUT2D eigenvalue weighted by molar-refractivity contribution is 5.61. The van der Waals surface area contributed by atoms with E-state index in [1.54, 1.807) is 0 Å². The van der Waals surface area contributed by atoms with Gasteiger partial charge in [0.05, 0.1) is 0 Å². The Bertz CT molecular complexity index is 638. The highest BCUT2D eigenvalue weighted by Gasteiger charge is 2.17. The minimum atomic E-state index is -0.628. The van der Waals surface area contributed by atoms with Gasteiger partial charge >= 0.3 is 0 Å². The summed E-state index contributed by atoms with van der Waals surface area (Å²) in [6.45, 7) is 8.75. The molecular weight excluding hydrogens is 296 g/mol. The first-order valence-corrected chi connectivity index (χ1v) is 8.77. The molecule has 2 aromatic carbocycles. The molecular formula is C21H30N2O.